The SMILES string of the molecule is CCCCNC(C(=O)c1ccc2c(c1)OCO2)c1ccc2c(c1)OCO2. The summed E-state index contributed by atoms with van der Waals surface area (Å²) in [4.78, 5) is 13.2. The molecule has 4 rings (SSSR count). The van der Waals surface area contributed by atoms with Crippen molar-refractivity contribution in [2.75, 3.05) is 20.1 Å². The number of carbonyl (C=O) groups is 1. The first-order chi connectivity index (χ1) is 12.8. The van der Waals surface area contributed by atoms with E-state index in [2.05, 4.69) is 12.2 Å². The number of carbonyl (C=O) groups excluding carboxylic acids is 1. The second kappa shape index (κ2) is 7.25. The van der Waals surface area contributed by atoms with Gasteiger partial charge in [-0.1, -0.05) is 19.4 Å². The molecule has 2 aliphatic rings. The lowest BCUT2D eigenvalue weighted by molar-refractivity contribution is 0.0942. The molecule has 6 heteroatoms. The van der Waals surface area contributed by atoms with E-state index in [1.165, 1.54) is 0 Å². The number of Topliss-reactive ketones (excluding diaryl/α,β-unsaturated/α-hetero) is 1. The fraction of sp³-hybridized carbons (Fsp3) is 0.350. The zero-order valence-electron chi connectivity index (χ0n) is 14.6. The Kier molecular flexibility index (Phi) is 4.67. The van der Waals surface area contributed by atoms with Crippen molar-refractivity contribution < 1.29 is 23.7 Å². The Morgan fingerprint density at radius 1 is 0.962 bits per heavy atom. The van der Waals surface area contributed by atoms with Crippen molar-refractivity contribution in [3.63, 3.8) is 0 Å². The molecule has 1 atom stereocenters. The molecule has 0 amide bonds. The summed E-state index contributed by atoms with van der Waals surface area (Å²) in [5.41, 5.74) is 1.44. The van der Waals surface area contributed by atoms with E-state index in [0.717, 1.165) is 24.9 Å². The molecule has 2 aliphatic heterocycles. The molecule has 0 bridgehead atoms. The van der Waals surface area contributed by atoms with Gasteiger partial charge < -0.3 is 24.3 Å². The Hall–Kier alpha value is -2.73. The first-order valence-corrected chi connectivity index (χ1v) is 8.83. The van der Waals surface area contributed by atoms with Crippen LogP contribution < -0.4 is 24.3 Å². The van der Waals surface area contributed by atoms with E-state index in [1.54, 1.807) is 18.2 Å². The second-order valence-corrected chi connectivity index (χ2v) is 6.29. The van der Waals surface area contributed by atoms with Gasteiger partial charge in [0.1, 0.15) is 0 Å². The highest BCUT2D eigenvalue weighted by Gasteiger charge is 2.26. The average molecular weight is 355 g/mol. The maximum atomic E-state index is 13.2. The summed E-state index contributed by atoms with van der Waals surface area (Å²) in [5, 5.41) is 3.38. The van der Waals surface area contributed by atoms with Gasteiger partial charge in [0.05, 0.1) is 6.04 Å². The molecule has 2 heterocycles. The van der Waals surface area contributed by atoms with Crippen LogP contribution in [0.5, 0.6) is 23.0 Å². The summed E-state index contributed by atoms with van der Waals surface area (Å²) in [6, 6.07) is 10.5. The number of unbranched alkanes of at least 4 members (excludes halogenated alkanes) is 1. The largest absolute Gasteiger partial charge is 0.454 e. The lowest BCUT2D eigenvalue weighted by Crippen LogP contribution is -2.29. The second-order valence-electron chi connectivity index (χ2n) is 6.29. The van der Waals surface area contributed by atoms with E-state index in [0.29, 0.717) is 28.6 Å². The van der Waals surface area contributed by atoms with Gasteiger partial charge in [0, 0.05) is 5.56 Å². The van der Waals surface area contributed by atoms with Crippen molar-refractivity contribution in [2.45, 2.75) is 25.8 Å². The smallest absolute Gasteiger partial charge is 0.231 e. The number of rotatable bonds is 7. The van der Waals surface area contributed by atoms with Crippen LogP contribution in [0.2, 0.25) is 0 Å². The normalized spacial score (nSPS) is 15.1. The van der Waals surface area contributed by atoms with Crippen LogP contribution in [-0.4, -0.2) is 25.9 Å². The van der Waals surface area contributed by atoms with Crippen molar-refractivity contribution in [3.05, 3.63) is 47.5 Å². The van der Waals surface area contributed by atoms with Crippen LogP contribution in [0.4, 0.5) is 0 Å². The summed E-state index contributed by atoms with van der Waals surface area (Å²) >= 11 is 0. The molecule has 26 heavy (non-hydrogen) atoms. The summed E-state index contributed by atoms with van der Waals surface area (Å²) in [5.74, 6) is 2.63. The Bertz CT molecular complexity index is 820. The van der Waals surface area contributed by atoms with Gasteiger partial charge in [0.2, 0.25) is 13.6 Å². The zero-order valence-corrected chi connectivity index (χ0v) is 14.6. The molecule has 1 unspecified atom stereocenters. The van der Waals surface area contributed by atoms with Crippen molar-refractivity contribution in [3.8, 4) is 23.0 Å². The van der Waals surface area contributed by atoms with Crippen molar-refractivity contribution in [1.29, 1.82) is 0 Å². The molecule has 0 aliphatic carbocycles. The van der Waals surface area contributed by atoms with Gasteiger partial charge in [-0.05, 0) is 48.9 Å². The molecule has 0 aromatic heterocycles. The van der Waals surface area contributed by atoms with Gasteiger partial charge in [-0.3, -0.25) is 4.79 Å². The summed E-state index contributed by atoms with van der Waals surface area (Å²) < 4.78 is 21.6. The molecular weight excluding hydrogens is 334 g/mol. The van der Waals surface area contributed by atoms with E-state index >= 15 is 0 Å². The predicted molar refractivity (Wildman–Crippen MR) is 95.1 cm³/mol. The summed E-state index contributed by atoms with van der Waals surface area (Å²) in [7, 11) is 0. The Balaban J connectivity index is 1.63. The topological polar surface area (TPSA) is 66.0 Å². The van der Waals surface area contributed by atoms with Crippen molar-refractivity contribution in [1.82, 2.24) is 5.32 Å². The number of fused-ring (bicyclic) bond motifs is 2. The van der Waals surface area contributed by atoms with Gasteiger partial charge in [-0.2, -0.15) is 0 Å². The third kappa shape index (κ3) is 3.20. The van der Waals surface area contributed by atoms with Crippen LogP contribution in [0.15, 0.2) is 36.4 Å². The molecule has 2 aromatic rings. The molecule has 0 saturated heterocycles. The van der Waals surface area contributed by atoms with Gasteiger partial charge in [0.25, 0.3) is 0 Å². The molecule has 6 nitrogen and oxygen atoms in total. The highest BCUT2D eigenvalue weighted by molar-refractivity contribution is 6.01. The van der Waals surface area contributed by atoms with Crippen molar-refractivity contribution in [2.24, 2.45) is 0 Å². The summed E-state index contributed by atoms with van der Waals surface area (Å²) in [6.07, 6.45) is 2.05. The number of ketones is 1. The third-order valence-corrected chi connectivity index (χ3v) is 4.53. The Labute approximate surface area is 152 Å². The fourth-order valence-corrected chi connectivity index (χ4v) is 3.09. The standard InChI is InChI=1S/C20H21NO5/c1-2-3-8-21-19(13-4-6-15-17(9-13)25-11-23-15)20(22)14-5-7-16-18(10-14)26-12-24-16/h4-7,9-10,19,21H,2-3,8,11-12H2,1H3. The van der Waals surface area contributed by atoms with Gasteiger partial charge >= 0.3 is 0 Å². The molecule has 0 fully saturated rings. The Morgan fingerprint density at radius 3 is 2.35 bits per heavy atom. The molecular formula is C20H21NO5. The minimum Gasteiger partial charge on any atom is -0.454 e. The van der Waals surface area contributed by atoms with Gasteiger partial charge in [-0.25, -0.2) is 0 Å². The van der Waals surface area contributed by atoms with Crippen molar-refractivity contribution >= 4 is 5.78 Å². The highest BCUT2D eigenvalue weighted by Crippen LogP contribution is 2.36. The lowest BCUT2D eigenvalue weighted by atomic mass is 9.96. The van der Waals surface area contributed by atoms with E-state index in [9.17, 15) is 4.79 Å². The molecule has 2 aromatic carbocycles. The average Bonchev–Trinajstić information content (AvgIpc) is 3.32. The maximum absolute atomic E-state index is 13.2. The third-order valence-electron chi connectivity index (χ3n) is 4.53. The molecule has 0 radical (unpaired) electrons. The first-order valence-electron chi connectivity index (χ1n) is 8.83. The molecule has 0 spiro atoms. The summed E-state index contributed by atoms with van der Waals surface area (Å²) in [6.45, 7) is 3.28. The predicted octanol–water partition coefficient (Wildman–Crippen LogP) is 3.46. The number of nitrogens with one attached hydrogen (secondary N) is 1. The molecule has 1 N–H and O–H groups in total. The van der Waals surface area contributed by atoms with Crippen LogP contribution >= 0.6 is 0 Å². The van der Waals surface area contributed by atoms with E-state index in [1.807, 2.05) is 18.2 Å². The number of hydrogen-bond acceptors (Lipinski definition) is 6. The van der Waals surface area contributed by atoms with E-state index in [-0.39, 0.29) is 19.4 Å². The zero-order chi connectivity index (χ0) is 17.9. The quantitative estimate of drug-likeness (QED) is 0.606. The molecule has 0 saturated carbocycles. The number of ether oxygens (including phenoxy) is 4. The van der Waals surface area contributed by atoms with E-state index in [4.69, 9.17) is 18.9 Å². The maximum Gasteiger partial charge on any atom is 0.231 e. The first kappa shape index (κ1) is 16.7. The van der Waals surface area contributed by atoms with Gasteiger partial charge in [0.15, 0.2) is 28.8 Å². The number of benzene rings is 2. The monoisotopic (exact) mass is 355 g/mol. The highest BCUT2D eigenvalue weighted by atomic mass is 16.7. The van der Waals surface area contributed by atoms with Crippen LogP contribution in [0, 0.1) is 0 Å². The minimum atomic E-state index is -0.462. The van der Waals surface area contributed by atoms with Gasteiger partial charge in [-0.15, -0.1) is 0 Å². The Morgan fingerprint density at radius 2 is 1.62 bits per heavy atom. The van der Waals surface area contributed by atoms with E-state index < -0.39 is 6.04 Å². The molecule has 136 valence electrons. The fourth-order valence-electron chi connectivity index (χ4n) is 3.09. The van der Waals surface area contributed by atoms with Crippen LogP contribution in [-0.2, 0) is 0 Å². The van der Waals surface area contributed by atoms with Crippen LogP contribution in [0.3, 0.4) is 0 Å². The van der Waals surface area contributed by atoms with Crippen LogP contribution in [0.25, 0.3) is 0 Å². The van der Waals surface area contributed by atoms with Crippen LogP contribution in [0.1, 0.15) is 41.7 Å². The number of hydrogen-bond donors (Lipinski definition) is 1. The lowest BCUT2D eigenvalue weighted by Gasteiger charge is -2.19. The minimum absolute atomic E-state index is 0.0155.